The maximum Gasteiger partial charge on any atom is -0.0359 e. The van der Waals surface area contributed by atoms with Gasteiger partial charge < -0.3 is 0 Å². The lowest BCUT2D eigenvalue weighted by Gasteiger charge is -2.18. The first-order chi connectivity index (χ1) is 19.5. The molecule has 0 saturated carbocycles. The highest BCUT2D eigenvalue weighted by molar-refractivity contribution is 4.61. The van der Waals surface area contributed by atoms with Gasteiger partial charge in [-0.1, -0.05) is 245 Å². The van der Waals surface area contributed by atoms with Crippen LogP contribution in [0.15, 0.2) is 0 Å². The lowest BCUT2D eigenvalue weighted by Crippen LogP contribution is -2.05. The molecule has 0 aliphatic rings. The van der Waals surface area contributed by atoms with Crippen LogP contribution in [0.4, 0.5) is 0 Å². The summed E-state index contributed by atoms with van der Waals surface area (Å²) in [5, 5.41) is 0. The second-order valence-corrected chi connectivity index (χ2v) is 15.4. The van der Waals surface area contributed by atoms with Crippen molar-refractivity contribution in [3.8, 4) is 0 Å². The zero-order valence-electron chi connectivity index (χ0n) is 37.3. The van der Waals surface area contributed by atoms with Crippen LogP contribution >= 0.6 is 0 Å². The van der Waals surface area contributed by atoms with Crippen LogP contribution in [0.25, 0.3) is 0 Å². The largest absolute Gasteiger partial charge is 0.0683 e. The van der Waals surface area contributed by atoms with Crippen LogP contribution in [0.1, 0.15) is 245 Å². The van der Waals surface area contributed by atoms with Crippen molar-refractivity contribution in [3.05, 3.63) is 0 Å². The quantitative estimate of drug-likeness (QED) is 0.265. The highest BCUT2D eigenvalue weighted by atomic mass is 14.2. The fraction of sp³-hybridized carbons (Fsp3) is 1.00. The minimum absolute atomic E-state index is 0.542. The average Bonchev–Trinajstić information content (AvgIpc) is 2.94. The van der Waals surface area contributed by atoms with Crippen LogP contribution in [0, 0.1) is 40.4 Å². The molecule has 0 bridgehead atoms. The van der Waals surface area contributed by atoms with Gasteiger partial charge in [-0.2, -0.15) is 0 Å². The Labute approximate surface area is 284 Å². The lowest BCUT2D eigenvalue weighted by atomic mass is 9.88. The van der Waals surface area contributed by atoms with E-state index < -0.39 is 0 Å². The molecule has 0 heteroatoms. The molecule has 0 spiro atoms. The van der Waals surface area contributed by atoms with Gasteiger partial charge in [-0.25, -0.2) is 0 Å². The monoisotopic (exact) mass is 621 g/mol. The first-order valence-electron chi connectivity index (χ1n) is 19.5. The number of hydrogen-bond donors (Lipinski definition) is 0. The summed E-state index contributed by atoms with van der Waals surface area (Å²) in [4.78, 5) is 0. The first-order valence-corrected chi connectivity index (χ1v) is 19.5. The Balaban J connectivity index is -0.0000000440. The molecule has 0 nitrogen and oxygen atoms in total. The third-order valence-electron chi connectivity index (χ3n) is 7.02. The van der Waals surface area contributed by atoms with Crippen molar-refractivity contribution in [1.29, 1.82) is 0 Å². The van der Waals surface area contributed by atoms with Crippen LogP contribution in [-0.2, 0) is 0 Å². The summed E-state index contributed by atoms with van der Waals surface area (Å²) < 4.78 is 0. The Morgan fingerprint density at radius 3 is 0.605 bits per heavy atom. The summed E-state index contributed by atoms with van der Waals surface area (Å²) >= 11 is 0. The zero-order valence-corrected chi connectivity index (χ0v) is 37.3. The van der Waals surface area contributed by atoms with Crippen LogP contribution in [0.2, 0.25) is 0 Å². The van der Waals surface area contributed by atoms with E-state index in [0.717, 1.165) is 29.6 Å². The summed E-state index contributed by atoms with van der Waals surface area (Å²) in [6.07, 6.45) is 11.7. The Morgan fingerprint density at radius 1 is 0.419 bits per heavy atom. The molecule has 0 N–H and O–H groups in total. The van der Waals surface area contributed by atoms with Gasteiger partial charge >= 0.3 is 0 Å². The average molecular weight is 621 g/mol. The molecule has 43 heavy (non-hydrogen) atoms. The first kappa shape index (κ1) is 65.6. The van der Waals surface area contributed by atoms with Gasteiger partial charge in [0.25, 0.3) is 0 Å². The van der Waals surface area contributed by atoms with Gasteiger partial charge in [-0.3, -0.25) is 0 Å². The van der Waals surface area contributed by atoms with Crippen molar-refractivity contribution >= 4 is 0 Å². The molecule has 0 heterocycles. The van der Waals surface area contributed by atoms with Crippen molar-refractivity contribution in [2.24, 2.45) is 40.4 Å². The lowest BCUT2D eigenvalue weighted by molar-refractivity contribution is 0.338. The van der Waals surface area contributed by atoms with E-state index in [1.165, 1.54) is 57.8 Å². The Kier molecular flexibility index (Phi) is 83.1. The van der Waals surface area contributed by atoms with E-state index >= 15 is 0 Å². The summed E-state index contributed by atoms with van der Waals surface area (Å²) in [7, 11) is 0. The number of unbranched alkanes of at least 4 members (excludes halogenated alkanes) is 1. The van der Waals surface area contributed by atoms with Crippen LogP contribution in [0.5, 0.6) is 0 Å². The normalized spacial score (nSPS) is 9.77. The molecule has 0 aliphatic heterocycles. The SMILES string of the molecule is CC.CC(C)C.CC(C)C(C)C.CCC.CCC(C)(C)C.CCC(C)(C)CC.CCC(C)C.CCC(C)CC.CCCC. The van der Waals surface area contributed by atoms with E-state index in [4.69, 9.17) is 0 Å². The minimum Gasteiger partial charge on any atom is -0.0683 e. The second-order valence-electron chi connectivity index (χ2n) is 15.4. The Hall–Kier alpha value is 0. The van der Waals surface area contributed by atoms with Crippen molar-refractivity contribution in [3.63, 3.8) is 0 Å². The van der Waals surface area contributed by atoms with Crippen molar-refractivity contribution in [2.45, 2.75) is 245 Å². The standard InChI is InChI=1S/C7H16.3C6H14.C5H12.2C4H10.C3H8.C2H6/c1-5-7(3,4)6-2;1-5-6(2,3)4;1-5(2)6(3)4;1-4-6(3)5-2;1-4-5(2)3;1-4(2)3;1-3-4-2;1-3-2;1-2/h5-6H2,1-4H3;5H2,1-4H3;5-6H,1-4H3;6H,4-5H2,1-3H3;5H,4H2,1-3H3;4H,1-3H3;3-4H2,1-2H3;3H2,1-2H3;1-2H3. The predicted octanol–water partition coefficient (Wildman–Crippen LogP) is 18.0. The van der Waals surface area contributed by atoms with Gasteiger partial charge in [0.05, 0.1) is 0 Å². The van der Waals surface area contributed by atoms with Crippen molar-refractivity contribution in [2.75, 3.05) is 0 Å². The Bertz CT molecular complexity index is 330. The van der Waals surface area contributed by atoms with Gasteiger partial charge in [-0.15, -0.1) is 0 Å². The smallest absolute Gasteiger partial charge is 0.0359 e. The van der Waals surface area contributed by atoms with E-state index in [9.17, 15) is 0 Å². The third kappa shape index (κ3) is 168. The summed E-state index contributed by atoms with van der Waals surface area (Å²) in [6, 6.07) is 0. The number of rotatable bonds is 7. The third-order valence-corrected chi connectivity index (χ3v) is 7.02. The summed E-state index contributed by atoms with van der Waals surface area (Å²) in [6.45, 7) is 59.5. The molecule has 0 aromatic heterocycles. The molecule has 0 aliphatic carbocycles. The highest BCUT2D eigenvalue weighted by Gasteiger charge is 2.09. The molecule has 0 unspecified atom stereocenters. The fourth-order valence-corrected chi connectivity index (χ4v) is 0.539. The van der Waals surface area contributed by atoms with E-state index in [-0.39, 0.29) is 0 Å². The van der Waals surface area contributed by atoms with Gasteiger partial charge in [0, 0.05) is 0 Å². The molecular weight excluding hydrogens is 516 g/mol. The maximum atomic E-state index is 2.30. The van der Waals surface area contributed by atoms with E-state index in [2.05, 4.69) is 173 Å². The predicted molar refractivity (Wildman–Crippen MR) is 217 cm³/mol. The zero-order chi connectivity index (χ0) is 37.3. The Morgan fingerprint density at radius 2 is 0.605 bits per heavy atom. The second kappa shape index (κ2) is 54.5. The van der Waals surface area contributed by atoms with Gasteiger partial charge in [-0.05, 0) is 40.4 Å². The minimum atomic E-state index is 0.542. The molecule has 0 aromatic rings. The molecule has 0 rings (SSSR count). The van der Waals surface area contributed by atoms with E-state index in [0.29, 0.717) is 10.8 Å². The summed E-state index contributed by atoms with van der Waals surface area (Å²) in [5.74, 6) is 4.36. The van der Waals surface area contributed by atoms with Crippen molar-refractivity contribution < 1.29 is 0 Å². The van der Waals surface area contributed by atoms with Crippen LogP contribution in [-0.4, -0.2) is 0 Å². The molecule has 0 fully saturated rings. The van der Waals surface area contributed by atoms with Gasteiger partial charge in [0.2, 0.25) is 0 Å². The van der Waals surface area contributed by atoms with Crippen LogP contribution in [0.3, 0.4) is 0 Å². The fourth-order valence-electron chi connectivity index (χ4n) is 0.539. The summed E-state index contributed by atoms with van der Waals surface area (Å²) in [5.41, 5.74) is 1.12. The van der Waals surface area contributed by atoms with E-state index in [1.807, 2.05) is 13.8 Å². The molecule has 276 valence electrons. The van der Waals surface area contributed by atoms with Gasteiger partial charge in [0.15, 0.2) is 0 Å². The van der Waals surface area contributed by atoms with Crippen LogP contribution < -0.4 is 0 Å². The van der Waals surface area contributed by atoms with Crippen molar-refractivity contribution in [1.82, 2.24) is 0 Å². The molecule has 0 amide bonds. The molecule has 0 saturated heterocycles. The topological polar surface area (TPSA) is 0 Å². The molecule has 0 atom stereocenters. The molecule has 0 radical (unpaired) electrons. The highest BCUT2D eigenvalue weighted by Crippen LogP contribution is 2.22. The maximum absolute atomic E-state index is 2.30. The van der Waals surface area contributed by atoms with Gasteiger partial charge in [0.1, 0.15) is 0 Å². The molecular formula is C43H104. The molecule has 0 aromatic carbocycles. The number of hydrogen-bond acceptors (Lipinski definition) is 0. The van der Waals surface area contributed by atoms with E-state index in [1.54, 1.807) is 0 Å².